The van der Waals surface area contributed by atoms with Crippen LogP contribution in [0.15, 0.2) is 41.4 Å². The SMILES string of the molecule is COc1cccc(C(Sc2cc(C)cc(C)n2)C(C)N)c1. The van der Waals surface area contributed by atoms with Crippen LogP contribution >= 0.6 is 11.8 Å². The van der Waals surface area contributed by atoms with Gasteiger partial charge in [0.2, 0.25) is 0 Å². The molecule has 0 aliphatic carbocycles. The number of pyridine rings is 1. The highest BCUT2D eigenvalue weighted by atomic mass is 32.2. The predicted octanol–water partition coefficient (Wildman–Crippen LogP) is 3.89. The number of rotatable bonds is 5. The van der Waals surface area contributed by atoms with E-state index < -0.39 is 0 Å². The number of hydrogen-bond donors (Lipinski definition) is 1. The van der Waals surface area contributed by atoms with Gasteiger partial charge in [-0.05, 0) is 56.2 Å². The topological polar surface area (TPSA) is 48.1 Å². The summed E-state index contributed by atoms with van der Waals surface area (Å²) in [5, 5.41) is 1.16. The highest BCUT2D eigenvalue weighted by Crippen LogP contribution is 2.37. The van der Waals surface area contributed by atoms with Crippen LogP contribution in [0.5, 0.6) is 5.75 Å². The number of nitrogens with zero attached hydrogens (tertiary/aromatic N) is 1. The zero-order chi connectivity index (χ0) is 15.4. The minimum Gasteiger partial charge on any atom is -0.497 e. The van der Waals surface area contributed by atoms with E-state index in [1.165, 1.54) is 5.56 Å². The van der Waals surface area contributed by atoms with Crippen LogP contribution in [-0.2, 0) is 0 Å². The second kappa shape index (κ2) is 6.96. The fraction of sp³-hybridized carbons (Fsp3) is 0.353. The average Bonchev–Trinajstić information content (AvgIpc) is 2.43. The number of nitrogens with two attached hydrogens (primary N) is 1. The van der Waals surface area contributed by atoms with Crippen molar-refractivity contribution in [2.24, 2.45) is 5.73 Å². The maximum Gasteiger partial charge on any atom is 0.119 e. The first kappa shape index (κ1) is 15.9. The van der Waals surface area contributed by atoms with Crippen LogP contribution in [0.2, 0.25) is 0 Å². The molecule has 1 aromatic heterocycles. The smallest absolute Gasteiger partial charge is 0.119 e. The largest absolute Gasteiger partial charge is 0.497 e. The fourth-order valence-corrected chi connectivity index (χ4v) is 3.50. The highest BCUT2D eigenvalue weighted by Gasteiger charge is 2.19. The van der Waals surface area contributed by atoms with Gasteiger partial charge in [-0.2, -0.15) is 0 Å². The minimum absolute atomic E-state index is 0.0183. The van der Waals surface area contributed by atoms with Gasteiger partial charge in [0.05, 0.1) is 17.4 Å². The molecule has 1 heterocycles. The van der Waals surface area contributed by atoms with Crippen molar-refractivity contribution in [1.82, 2.24) is 4.98 Å². The van der Waals surface area contributed by atoms with Crippen molar-refractivity contribution in [3.05, 3.63) is 53.2 Å². The Kier molecular flexibility index (Phi) is 5.26. The standard InChI is InChI=1S/C17H22N2OS/c1-11-8-12(2)19-16(9-11)21-17(13(3)18)14-6-5-7-15(10-14)20-4/h5-10,13,17H,18H2,1-4H3. The van der Waals surface area contributed by atoms with E-state index in [2.05, 4.69) is 30.1 Å². The number of aryl methyl sites for hydroxylation is 2. The second-order valence-electron chi connectivity index (χ2n) is 5.30. The first-order valence-electron chi connectivity index (χ1n) is 7.01. The van der Waals surface area contributed by atoms with Gasteiger partial charge in [-0.15, -0.1) is 0 Å². The van der Waals surface area contributed by atoms with Gasteiger partial charge in [0.1, 0.15) is 5.75 Å². The van der Waals surface area contributed by atoms with Gasteiger partial charge < -0.3 is 10.5 Å². The molecule has 4 heteroatoms. The number of hydrogen-bond acceptors (Lipinski definition) is 4. The van der Waals surface area contributed by atoms with Crippen molar-refractivity contribution in [3.8, 4) is 5.75 Å². The van der Waals surface area contributed by atoms with E-state index in [0.29, 0.717) is 0 Å². The van der Waals surface area contributed by atoms with Gasteiger partial charge in [0.25, 0.3) is 0 Å². The van der Waals surface area contributed by atoms with Crippen molar-refractivity contribution < 1.29 is 4.74 Å². The molecule has 2 N–H and O–H groups in total. The molecule has 0 amide bonds. The summed E-state index contributed by atoms with van der Waals surface area (Å²) in [6.45, 7) is 6.13. The van der Waals surface area contributed by atoms with Gasteiger partial charge >= 0.3 is 0 Å². The quantitative estimate of drug-likeness (QED) is 0.851. The molecule has 0 aliphatic heterocycles. The number of benzene rings is 1. The molecule has 1 aromatic carbocycles. The number of methoxy groups -OCH3 is 1. The lowest BCUT2D eigenvalue weighted by molar-refractivity contribution is 0.414. The molecular weight excluding hydrogens is 280 g/mol. The van der Waals surface area contributed by atoms with E-state index in [4.69, 9.17) is 10.5 Å². The Labute approximate surface area is 130 Å². The zero-order valence-electron chi connectivity index (χ0n) is 13.0. The van der Waals surface area contributed by atoms with E-state index in [-0.39, 0.29) is 11.3 Å². The highest BCUT2D eigenvalue weighted by molar-refractivity contribution is 7.99. The molecule has 21 heavy (non-hydrogen) atoms. The number of ether oxygens (including phenoxy) is 1. The van der Waals surface area contributed by atoms with Crippen LogP contribution in [0, 0.1) is 13.8 Å². The number of thioether (sulfide) groups is 1. The normalized spacial score (nSPS) is 13.8. The van der Waals surface area contributed by atoms with E-state index in [1.807, 2.05) is 32.0 Å². The van der Waals surface area contributed by atoms with Crippen LogP contribution in [0.25, 0.3) is 0 Å². The molecule has 3 nitrogen and oxygen atoms in total. The summed E-state index contributed by atoms with van der Waals surface area (Å²) >= 11 is 1.71. The van der Waals surface area contributed by atoms with Gasteiger partial charge in [-0.1, -0.05) is 23.9 Å². The summed E-state index contributed by atoms with van der Waals surface area (Å²) in [6, 6.07) is 12.3. The lowest BCUT2D eigenvalue weighted by atomic mass is 10.1. The minimum atomic E-state index is 0.0183. The average molecular weight is 302 g/mol. The van der Waals surface area contributed by atoms with Crippen LogP contribution in [0.4, 0.5) is 0 Å². The fourth-order valence-electron chi connectivity index (χ4n) is 2.29. The van der Waals surface area contributed by atoms with Crippen molar-refractivity contribution >= 4 is 11.8 Å². The van der Waals surface area contributed by atoms with E-state index >= 15 is 0 Å². The molecule has 2 atom stereocenters. The predicted molar refractivity (Wildman–Crippen MR) is 89.0 cm³/mol. The zero-order valence-corrected chi connectivity index (χ0v) is 13.8. The summed E-state index contributed by atoms with van der Waals surface area (Å²) in [5.41, 5.74) is 9.61. The molecule has 0 spiro atoms. The van der Waals surface area contributed by atoms with E-state index in [9.17, 15) is 0 Å². The lowest BCUT2D eigenvalue weighted by Crippen LogP contribution is -2.22. The lowest BCUT2D eigenvalue weighted by Gasteiger charge is -2.21. The van der Waals surface area contributed by atoms with Gasteiger partial charge in [-0.25, -0.2) is 4.98 Å². The molecule has 2 rings (SSSR count). The van der Waals surface area contributed by atoms with Gasteiger partial charge in [-0.3, -0.25) is 0 Å². The van der Waals surface area contributed by atoms with Crippen molar-refractivity contribution in [2.75, 3.05) is 7.11 Å². The molecule has 0 aliphatic rings. The molecular formula is C17H22N2OS. The maximum atomic E-state index is 6.19. The third kappa shape index (κ3) is 4.22. The Hall–Kier alpha value is -1.52. The molecule has 2 aromatic rings. The Bertz CT molecular complexity index is 593. The van der Waals surface area contributed by atoms with Crippen LogP contribution in [-0.4, -0.2) is 18.1 Å². The maximum absolute atomic E-state index is 6.19. The van der Waals surface area contributed by atoms with E-state index in [0.717, 1.165) is 22.0 Å². The second-order valence-corrected chi connectivity index (χ2v) is 6.46. The summed E-state index contributed by atoms with van der Waals surface area (Å²) < 4.78 is 5.31. The molecule has 0 saturated heterocycles. The molecule has 0 radical (unpaired) electrons. The molecule has 0 saturated carbocycles. The Morgan fingerprint density at radius 1 is 1.19 bits per heavy atom. The Morgan fingerprint density at radius 3 is 2.57 bits per heavy atom. The third-order valence-corrected chi connectivity index (χ3v) is 4.63. The molecule has 0 fully saturated rings. The third-order valence-electron chi connectivity index (χ3n) is 3.22. The van der Waals surface area contributed by atoms with Crippen LogP contribution in [0.1, 0.15) is 29.0 Å². The van der Waals surface area contributed by atoms with Gasteiger partial charge in [0.15, 0.2) is 0 Å². The van der Waals surface area contributed by atoms with E-state index in [1.54, 1.807) is 18.9 Å². The summed E-state index contributed by atoms with van der Waals surface area (Å²) in [5.74, 6) is 0.854. The van der Waals surface area contributed by atoms with Gasteiger partial charge in [0, 0.05) is 11.7 Å². The number of aromatic nitrogens is 1. The first-order chi connectivity index (χ1) is 9.99. The first-order valence-corrected chi connectivity index (χ1v) is 7.89. The van der Waals surface area contributed by atoms with Crippen molar-refractivity contribution in [3.63, 3.8) is 0 Å². The van der Waals surface area contributed by atoms with Crippen molar-refractivity contribution in [2.45, 2.75) is 37.1 Å². The summed E-state index contributed by atoms with van der Waals surface area (Å²) in [6.07, 6.45) is 0. The summed E-state index contributed by atoms with van der Waals surface area (Å²) in [4.78, 5) is 4.60. The van der Waals surface area contributed by atoms with Crippen molar-refractivity contribution in [1.29, 1.82) is 0 Å². The Morgan fingerprint density at radius 2 is 1.95 bits per heavy atom. The molecule has 0 bridgehead atoms. The molecule has 2 unspecified atom stereocenters. The van der Waals surface area contributed by atoms with Crippen LogP contribution in [0.3, 0.4) is 0 Å². The monoisotopic (exact) mass is 302 g/mol. The Balaban J connectivity index is 2.30. The summed E-state index contributed by atoms with van der Waals surface area (Å²) in [7, 11) is 1.68. The molecule has 112 valence electrons. The van der Waals surface area contributed by atoms with Crippen LogP contribution < -0.4 is 10.5 Å².